The maximum absolute atomic E-state index is 12.5. The zero-order valence-electron chi connectivity index (χ0n) is 12.6. The van der Waals surface area contributed by atoms with Crippen molar-refractivity contribution in [2.75, 3.05) is 20.8 Å². The van der Waals surface area contributed by atoms with Gasteiger partial charge in [0.15, 0.2) is 0 Å². The van der Waals surface area contributed by atoms with Gasteiger partial charge in [0.2, 0.25) is 0 Å². The van der Waals surface area contributed by atoms with Crippen molar-refractivity contribution in [2.24, 2.45) is 0 Å². The number of alkyl halides is 3. The van der Waals surface area contributed by atoms with Crippen molar-refractivity contribution in [2.45, 2.75) is 38.4 Å². The number of methoxy groups -OCH3 is 2. The molecule has 21 heavy (non-hydrogen) atoms. The summed E-state index contributed by atoms with van der Waals surface area (Å²) in [6.45, 7) is 2.62. The Balaban J connectivity index is 2.95. The van der Waals surface area contributed by atoms with Crippen molar-refractivity contribution in [1.82, 2.24) is 5.32 Å². The fourth-order valence-electron chi connectivity index (χ4n) is 2.10. The van der Waals surface area contributed by atoms with Crippen LogP contribution in [0.1, 0.15) is 37.8 Å². The molecule has 6 heteroatoms. The van der Waals surface area contributed by atoms with Gasteiger partial charge in [0.1, 0.15) is 11.5 Å². The van der Waals surface area contributed by atoms with Gasteiger partial charge in [-0.3, -0.25) is 0 Å². The molecule has 1 aromatic carbocycles. The molecule has 0 heterocycles. The van der Waals surface area contributed by atoms with Crippen molar-refractivity contribution in [3.8, 4) is 11.5 Å². The highest BCUT2D eigenvalue weighted by atomic mass is 19.4. The Labute approximate surface area is 123 Å². The lowest BCUT2D eigenvalue weighted by Gasteiger charge is -2.22. The van der Waals surface area contributed by atoms with Gasteiger partial charge in [-0.05, 0) is 25.5 Å². The first-order valence-electron chi connectivity index (χ1n) is 6.93. The van der Waals surface area contributed by atoms with Crippen LogP contribution in [0.2, 0.25) is 0 Å². The Morgan fingerprint density at radius 3 is 2.43 bits per heavy atom. The lowest BCUT2D eigenvalue weighted by Crippen LogP contribution is -2.24. The first-order chi connectivity index (χ1) is 9.91. The normalized spacial score (nSPS) is 13.0. The fourth-order valence-corrected chi connectivity index (χ4v) is 2.10. The molecule has 1 aromatic rings. The summed E-state index contributed by atoms with van der Waals surface area (Å²) >= 11 is 0. The molecule has 0 fully saturated rings. The van der Waals surface area contributed by atoms with E-state index in [2.05, 4.69) is 5.32 Å². The largest absolute Gasteiger partial charge is 0.497 e. The summed E-state index contributed by atoms with van der Waals surface area (Å²) < 4.78 is 47.8. The molecular formula is C15H22F3NO2. The topological polar surface area (TPSA) is 30.5 Å². The average Bonchev–Trinajstić information content (AvgIpc) is 2.46. The standard InChI is InChI=1S/C15H22F3NO2/c1-4-9-19-13(7-8-15(16,17)18)12-6-5-11(20-2)10-14(12)21-3/h5-6,10,13,19H,4,7-9H2,1-3H3. The van der Waals surface area contributed by atoms with Crippen LogP contribution in [0, 0.1) is 0 Å². The molecule has 0 aliphatic rings. The highest BCUT2D eigenvalue weighted by molar-refractivity contribution is 5.42. The van der Waals surface area contributed by atoms with Crippen molar-refractivity contribution in [3.05, 3.63) is 23.8 Å². The van der Waals surface area contributed by atoms with Crippen LogP contribution in [0.4, 0.5) is 13.2 Å². The Hall–Kier alpha value is -1.43. The van der Waals surface area contributed by atoms with E-state index in [4.69, 9.17) is 9.47 Å². The number of rotatable bonds is 8. The lowest BCUT2D eigenvalue weighted by molar-refractivity contribution is -0.136. The second-order valence-electron chi connectivity index (χ2n) is 4.77. The van der Waals surface area contributed by atoms with Crippen molar-refractivity contribution in [1.29, 1.82) is 0 Å². The summed E-state index contributed by atoms with van der Waals surface area (Å²) in [5.74, 6) is 1.14. The Morgan fingerprint density at radius 1 is 1.19 bits per heavy atom. The molecule has 0 aromatic heterocycles. The molecule has 0 bridgehead atoms. The Bertz CT molecular complexity index is 435. The van der Waals surface area contributed by atoms with E-state index < -0.39 is 18.6 Å². The first kappa shape index (κ1) is 17.6. The van der Waals surface area contributed by atoms with E-state index >= 15 is 0 Å². The number of ether oxygens (including phenoxy) is 2. The summed E-state index contributed by atoms with van der Waals surface area (Å²) in [6.07, 6.45) is -4.16. The van der Waals surface area contributed by atoms with Crippen LogP contribution < -0.4 is 14.8 Å². The van der Waals surface area contributed by atoms with Crippen LogP contribution in [-0.2, 0) is 0 Å². The number of hydrogen-bond acceptors (Lipinski definition) is 3. The van der Waals surface area contributed by atoms with Gasteiger partial charge in [-0.1, -0.05) is 13.0 Å². The fraction of sp³-hybridized carbons (Fsp3) is 0.600. The minimum atomic E-state index is -4.16. The van der Waals surface area contributed by atoms with Crippen LogP contribution in [0.25, 0.3) is 0 Å². The highest BCUT2D eigenvalue weighted by Crippen LogP contribution is 2.34. The number of benzene rings is 1. The second kappa shape index (κ2) is 8.12. The van der Waals surface area contributed by atoms with Crippen LogP contribution in [0.3, 0.4) is 0 Å². The second-order valence-corrected chi connectivity index (χ2v) is 4.77. The number of nitrogens with one attached hydrogen (secondary N) is 1. The Kier molecular flexibility index (Phi) is 6.81. The Morgan fingerprint density at radius 2 is 1.90 bits per heavy atom. The zero-order valence-corrected chi connectivity index (χ0v) is 12.6. The van der Waals surface area contributed by atoms with Crippen LogP contribution >= 0.6 is 0 Å². The monoisotopic (exact) mass is 305 g/mol. The van der Waals surface area contributed by atoms with Crippen molar-refractivity contribution < 1.29 is 22.6 Å². The van der Waals surface area contributed by atoms with Gasteiger partial charge in [-0.15, -0.1) is 0 Å². The summed E-state index contributed by atoms with van der Waals surface area (Å²) in [7, 11) is 3.03. The van der Waals surface area contributed by atoms with E-state index in [0.717, 1.165) is 12.0 Å². The SMILES string of the molecule is CCCNC(CCC(F)(F)F)c1ccc(OC)cc1OC. The molecule has 3 nitrogen and oxygen atoms in total. The minimum absolute atomic E-state index is 0.0216. The van der Waals surface area contributed by atoms with Gasteiger partial charge in [-0.2, -0.15) is 13.2 Å². The molecule has 0 saturated heterocycles. The minimum Gasteiger partial charge on any atom is -0.497 e. The maximum atomic E-state index is 12.5. The first-order valence-corrected chi connectivity index (χ1v) is 6.93. The van der Waals surface area contributed by atoms with Gasteiger partial charge in [0, 0.05) is 24.1 Å². The molecule has 1 rings (SSSR count). The van der Waals surface area contributed by atoms with Crippen LogP contribution in [0.15, 0.2) is 18.2 Å². The van der Waals surface area contributed by atoms with E-state index in [1.807, 2.05) is 6.92 Å². The van der Waals surface area contributed by atoms with E-state index in [-0.39, 0.29) is 6.42 Å². The third kappa shape index (κ3) is 5.83. The zero-order chi connectivity index (χ0) is 15.9. The molecule has 0 radical (unpaired) electrons. The van der Waals surface area contributed by atoms with Gasteiger partial charge < -0.3 is 14.8 Å². The average molecular weight is 305 g/mol. The van der Waals surface area contributed by atoms with E-state index in [0.29, 0.717) is 18.0 Å². The predicted octanol–water partition coefficient (Wildman–Crippen LogP) is 4.09. The van der Waals surface area contributed by atoms with Gasteiger partial charge in [-0.25, -0.2) is 0 Å². The molecule has 120 valence electrons. The van der Waals surface area contributed by atoms with Crippen LogP contribution in [-0.4, -0.2) is 26.9 Å². The number of hydrogen-bond donors (Lipinski definition) is 1. The summed E-state index contributed by atoms with van der Waals surface area (Å²) in [4.78, 5) is 0. The third-order valence-corrected chi connectivity index (χ3v) is 3.17. The molecule has 0 amide bonds. The van der Waals surface area contributed by atoms with Crippen molar-refractivity contribution in [3.63, 3.8) is 0 Å². The van der Waals surface area contributed by atoms with Crippen LogP contribution in [0.5, 0.6) is 11.5 Å². The smallest absolute Gasteiger partial charge is 0.389 e. The molecule has 0 aliphatic carbocycles. The van der Waals surface area contributed by atoms with E-state index in [1.54, 1.807) is 18.2 Å². The number of halogens is 3. The molecule has 1 N–H and O–H groups in total. The molecule has 0 saturated carbocycles. The van der Waals surface area contributed by atoms with Gasteiger partial charge >= 0.3 is 6.18 Å². The summed E-state index contributed by atoms with van der Waals surface area (Å²) in [5.41, 5.74) is 0.719. The maximum Gasteiger partial charge on any atom is 0.389 e. The van der Waals surface area contributed by atoms with E-state index in [9.17, 15) is 13.2 Å². The van der Waals surface area contributed by atoms with Gasteiger partial charge in [0.25, 0.3) is 0 Å². The quantitative estimate of drug-likeness (QED) is 0.785. The summed E-state index contributed by atoms with van der Waals surface area (Å²) in [5, 5.41) is 3.15. The molecular weight excluding hydrogens is 283 g/mol. The van der Waals surface area contributed by atoms with Crippen molar-refractivity contribution >= 4 is 0 Å². The lowest BCUT2D eigenvalue weighted by atomic mass is 10.00. The van der Waals surface area contributed by atoms with Gasteiger partial charge in [0.05, 0.1) is 14.2 Å². The third-order valence-electron chi connectivity index (χ3n) is 3.17. The highest BCUT2D eigenvalue weighted by Gasteiger charge is 2.29. The molecule has 0 aliphatic heterocycles. The van der Waals surface area contributed by atoms with E-state index in [1.165, 1.54) is 14.2 Å². The summed E-state index contributed by atoms with van der Waals surface area (Å²) in [6, 6.07) is 4.77. The predicted molar refractivity (Wildman–Crippen MR) is 75.9 cm³/mol. The molecule has 1 unspecified atom stereocenters. The molecule has 1 atom stereocenters. The molecule has 0 spiro atoms.